The molecule has 1 aromatic carbocycles. The van der Waals surface area contributed by atoms with Crippen LogP contribution in [0.4, 0.5) is 13.2 Å². The number of carbonyl (C=O) groups is 1. The van der Waals surface area contributed by atoms with Gasteiger partial charge in [-0.05, 0) is 26.0 Å². The van der Waals surface area contributed by atoms with Crippen molar-refractivity contribution in [1.29, 1.82) is 0 Å². The van der Waals surface area contributed by atoms with Gasteiger partial charge < -0.3 is 0 Å². The third-order valence-electron chi connectivity index (χ3n) is 4.27. The van der Waals surface area contributed by atoms with Crippen LogP contribution in [0.3, 0.4) is 0 Å². The number of nitrogens with one attached hydrogen (secondary N) is 1. The van der Waals surface area contributed by atoms with Gasteiger partial charge in [0.15, 0.2) is 0 Å². The van der Waals surface area contributed by atoms with E-state index in [0.29, 0.717) is 10.7 Å². The first-order valence-electron chi connectivity index (χ1n) is 8.51. The van der Waals surface area contributed by atoms with Gasteiger partial charge >= 0.3 is 16.4 Å². The van der Waals surface area contributed by atoms with E-state index in [1.165, 1.54) is 7.05 Å². The molecule has 0 aliphatic heterocycles. The summed E-state index contributed by atoms with van der Waals surface area (Å²) in [4.78, 5) is 24.8. The van der Waals surface area contributed by atoms with Gasteiger partial charge in [0.25, 0.3) is 5.91 Å². The molecule has 0 bridgehead atoms. The van der Waals surface area contributed by atoms with Crippen molar-refractivity contribution in [3.63, 3.8) is 0 Å². The number of rotatable bonds is 5. The molecule has 0 atom stereocenters. The minimum atomic E-state index is -4.81. The summed E-state index contributed by atoms with van der Waals surface area (Å²) in [6.45, 7) is 3.17. The Balaban J connectivity index is 2.58. The van der Waals surface area contributed by atoms with Crippen LogP contribution in [0.15, 0.2) is 23.0 Å². The minimum Gasteiger partial charge on any atom is -0.287 e. The molecule has 8 nitrogen and oxygen atoms in total. The van der Waals surface area contributed by atoms with Gasteiger partial charge in [0.2, 0.25) is 5.43 Å². The van der Waals surface area contributed by atoms with Crippen LogP contribution in [0.25, 0.3) is 11.3 Å². The normalized spacial score (nSPS) is 12.5. The van der Waals surface area contributed by atoms with Crippen LogP contribution < -0.4 is 10.2 Å². The van der Waals surface area contributed by atoms with Crippen molar-refractivity contribution < 1.29 is 26.4 Å². The van der Waals surface area contributed by atoms with Crippen molar-refractivity contribution in [1.82, 2.24) is 18.8 Å². The Hall–Kier alpha value is -2.15. The maximum atomic E-state index is 13.0. The van der Waals surface area contributed by atoms with E-state index in [1.807, 2.05) is 4.72 Å². The lowest BCUT2D eigenvalue weighted by Gasteiger charge is -2.21. The second kappa shape index (κ2) is 8.77. The molecule has 0 spiro atoms. The number of aryl methyl sites for hydroxylation is 1. The largest absolute Gasteiger partial charge is 0.433 e. The molecule has 0 aliphatic carbocycles. The Morgan fingerprint density at radius 2 is 1.77 bits per heavy atom. The third-order valence-corrected chi connectivity index (χ3v) is 6.52. The zero-order valence-electron chi connectivity index (χ0n) is 16.6. The van der Waals surface area contributed by atoms with E-state index in [-0.39, 0.29) is 21.2 Å². The van der Waals surface area contributed by atoms with Crippen molar-refractivity contribution in [2.24, 2.45) is 7.05 Å². The Morgan fingerprint density at radius 1 is 1.19 bits per heavy atom. The van der Waals surface area contributed by atoms with Crippen LogP contribution in [-0.4, -0.2) is 41.5 Å². The fraction of sp³-hybridized carbons (Fsp3) is 0.353. The Labute approximate surface area is 185 Å². The predicted molar refractivity (Wildman–Crippen MR) is 109 cm³/mol. The third kappa shape index (κ3) is 5.37. The van der Waals surface area contributed by atoms with E-state index < -0.39 is 45.2 Å². The summed E-state index contributed by atoms with van der Waals surface area (Å²) in [6, 6.07) is 1.93. The topological polar surface area (TPSA) is 101 Å². The number of hydrogen-bond donors (Lipinski definition) is 1. The van der Waals surface area contributed by atoms with E-state index in [9.17, 15) is 31.2 Å². The molecule has 1 N–H and O–H groups in total. The summed E-state index contributed by atoms with van der Waals surface area (Å²) in [5, 5.41) is 3.21. The molecule has 14 heteroatoms. The van der Waals surface area contributed by atoms with Gasteiger partial charge in [0, 0.05) is 31.8 Å². The van der Waals surface area contributed by atoms with E-state index in [2.05, 4.69) is 5.10 Å². The van der Waals surface area contributed by atoms with Crippen molar-refractivity contribution >= 4 is 39.3 Å². The highest BCUT2D eigenvalue weighted by Crippen LogP contribution is 2.32. The zero-order chi connectivity index (χ0) is 23.9. The standard InChI is InChI=1S/C17H17Cl2F3N4O4S/c1-8(2)26(4)31(29,30)24-16(28)10-5-9(11(18)6-12(10)19)15-13(27)7-14(17(20,21)22)25(3)23-15/h5-8H,1-4H3,(H,24,28). The molecule has 1 heterocycles. The molecule has 0 aliphatic rings. The first kappa shape index (κ1) is 25.1. The molecule has 0 fully saturated rings. The highest BCUT2D eigenvalue weighted by Gasteiger charge is 2.35. The first-order valence-corrected chi connectivity index (χ1v) is 10.7. The average Bonchev–Trinajstić information content (AvgIpc) is 2.61. The van der Waals surface area contributed by atoms with Crippen molar-refractivity contribution in [3.8, 4) is 11.3 Å². The highest BCUT2D eigenvalue weighted by molar-refractivity contribution is 7.87. The number of carbonyl (C=O) groups excluding carboxylic acids is 1. The average molecular weight is 501 g/mol. The van der Waals surface area contributed by atoms with Crippen molar-refractivity contribution in [2.45, 2.75) is 26.1 Å². The second-order valence-electron chi connectivity index (χ2n) is 6.72. The summed E-state index contributed by atoms with van der Waals surface area (Å²) in [5.41, 5.74) is -3.43. The number of alkyl halides is 3. The van der Waals surface area contributed by atoms with Crippen LogP contribution in [0.2, 0.25) is 10.0 Å². The Bertz CT molecular complexity index is 1200. The van der Waals surface area contributed by atoms with Crippen LogP contribution in [0, 0.1) is 0 Å². The van der Waals surface area contributed by atoms with E-state index in [1.54, 1.807) is 13.8 Å². The number of aromatic nitrogens is 2. The maximum absolute atomic E-state index is 13.0. The van der Waals surface area contributed by atoms with Gasteiger partial charge in [0.1, 0.15) is 11.4 Å². The number of halogens is 5. The number of hydrogen-bond acceptors (Lipinski definition) is 5. The number of benzene rings is 1. The van der Waals surface area contributed by atoms with E-state index >= 15 is 0 Å². The fourth-order valence-corrected chi connectivity index (χ4v) is 4.02. The lowest BCUT2D eigenvalue weighted by molar-refractivity contribution is -0.144. The Morgan fingerprint density at radius 3 is 2.29 bits per heavy atom. The van der Waals surface area contributed by atoms with E-state index in [4.69, 9.17) is 23.2 Å². The molecule has 31 heavy (non-hydrogen) atoms. The summed E-state index contributed by atoms with van der Waals surface area (Å²) in [7, 11) is -1.97. The second-order valence-corrected chi connectivity index (χ2v) is 9.27. The minimum absolute atomic E-state index is 0.173. The predicted octanol–water partition coefficient (Wildman–Crippen LogP) is 3.09. The monoisotopic (exact) mass is 500 g/mol. The van der Waals surface area contributed by atoms with Gasteiger partial charge in [0.05, 0.1) is 15.6 Å². The van der Waals surface area contributed by atoms with Gasteiger partial charge in [-0.15, -0.1) is 0 Å². The van der Waals surface area contributed by atoms with Crippen LogP contribution in [-0.2, 0) is 23.4 Å². The molecule has 0 radical (unpaired) electrons. The molecule has 170 valence electrons. The maximum Gasteiger partial charge on any atom is 0.433 e. The van der Waals surface area contributed by atoms with Gasteiger partial charge in [-0.2, -0.15) is 31.0 Å². The first-order chi connectivity index (χ1) is 14.1. The van der Waals surface area contributed by atoms with Crippen LogP contribution in [0.1, 0.15) is 29.9 Å². The summed E-state index contributed by atoms with van der Waals surface area (Å²) in [5.74, 6) is -1.13. The molecule has 2 rings (SSSR count). The molecular formula is C17H17Cl2F3N4O4S. The SMILES string of the molecule is CC(C)N(C)S(=O)(=O)NC(=O)c1cc(-c2nn(C)c(C(F)(F)F)cc2=O)c(Cl)cc1Cl. The van der Waals surface area contributed by atoms with Gasteiger partial charge in [-0.3, -0.25) is 14.3 Å². The number of nitrogens with zero attached hydrogens (tertiary/aromatic N) is 3. The fourth-order valence-electron chi connectivity index (χ4n) is 2.42. The molecule has 0 unspecified atom stereocenters. The molecule has 1 aromatic heterocycles. The molecule has 1 amide bonds. The summed E-state index contributed by atoms with van der Waals surface area (Å²) in [6.07, 6.45) is -4.81. The number of amides is 1. The van der Waals surface area contributed by atoms with Crippen LogP contribution in [0.5, 0.6) is 0 Å². The van der Waals surface area contributed by atoms with E-state index in [0.717, 1.165) is 23.5 Å². The molecule has 0 saturated heterocycles. The Kier molecular flexibility index (Phi) is 7.10. The van der Waals surface area contributed by atoms with Gasteiger partial charge in [-0.1, -0.05) is 23.2 Å². The van der Waals surface area contributed by atoms with Crippen molar-refractivity contribution in [3.05, 3.63) is 49.7 Å². The summed E-state index contributed by atoms with van der Waals surface area (Å²) < 4.78 is 66.7. The summed E-state index contributed by atoms with van der Waals surface area (Å²) >= 11 is 12.1. The molecule has 2 aromatic rings. The molecule has 0 saturated carbocycles. The quantitative estimate of drug-likeness (QED) is 0.679. The smallest absolute Gasteiger partial charge is 0.287 e. The lowest BCUT2D eigenvalue weighted by atomic mass is 10.1. The highest BCUT2D eigenvalue weighted by atomic mass is 35.5. The van der Waals surface area contributed by atoms with Crippen molar-refractivity contribution in [2.75, 3.05) is 7.05 Å². The lowest BCUT2D eigenvalue weighted by Crippen LogP contribution is -2.44. The molecular weight excluding hydrogens is 484 g/mol. The van der Waals surface area contributed by atoms with Crippen LogP contribution >= 0.6 is 23.2 Å². The van der Waals surface area contributed by atoms with Gasteiger partial charge in [-0.25, -0.2) is 4.72 Å². The zero-order valence-corrected chi connectivity index (χ0v) is 18.9.